The van der Waals surface area contributed by atoms with Gasteiger partial charge >= 0.3 is 6.18 Å². The number of aromatic nitrogens is 1. The first-order valence-corrected chi connectivity index (χ1v) is 8.41. The van der Waals surface area contributed by atoms with E-state index in [-0.39, 0.29) is 5.56 Å². The highest BCUT2D eigenvalue weighted by Gasteiger charge is 2.38. The maximum absolute atomic E-state index is 13.9. The van der Waals surface area contributed by atoms with Crippen LogP contribution in [-0.4, -0.2) is 4.98 Å². The van der Waals surface area contributed by atoms with Crippen molar-refractivity contribution >= 4 is 0 Å². The smallest absolute Gasteiger partial charge is 0.247 e. The molecule has 2 aromatic carbocycles. The molecule has 1 aromatic heterocycles. The van der Waals surface area contributed by atoms with E-state index in [1.807, 2.05) is 51.1 Å². The second-order valence-corrected chi connectivity index (χ2v) is 7.26. The Morgan fingerprint density at radius 1 is 0.731 bits per heavy atom. The first kappa shape index (κ1) is 18.2. The van der Waals surface area contributed by atoms with Crippen molar-refractivity contribution < 1.29 is 13.2 Å². The van der Waals surface area contributed by atoms with E-state index >= 15 is 0 Å². The number of hydrogen-bond donors (Lipinski definition) is 0. The lowest BCUT2D eigenvalue weighted by atomic mass is 9.86. The van der Waals surface area contributed by atoms with Gasteiger partial charge in [0.05, 0.1) is 0 Å². The molecule has 0 aliphatic rings. The number of rotatable bonds is 2. The van der Waals surface area contributed by atoms with Crippen LogP contribution in [-0.2, 0) is 11.6 Å². The summed E-state index contributed by atoms with van der Waals surface area (Å²) in [5.41, 5.74) is 0.995. The Bertz CT molecular complexity index is 892. The molecule has 0 radical (unpaired) electrons. The molecule has 3 rings (SSSR count). The number of pyridine rings is 1. The Morgan fingerprint density at radius 2 is 1.23 bits per heavy atom. The maximum Gasteiger partial charge on any atom is 0.433 e. The minimum Gasteiger partial charge on any atom is -0.247 e. The summed E-state index contributed by atoms with van der Waals surface area (Å²) in [5.74, 6) is 0. The van der Waals surface area contributed by atoms with E-state index < -0.39 is 17.3 Å². The Balaban J connectivity index is 2.43. The number of halogens is 3. The SMILES string of the molecule is CC(C)(C)c1cc(-c2ccccc2)c(-c2ccccc2)c(C(F)(F)F)n1. The molecule has 0 bridgehead atoms. The summed E-state index contributed by atoms with van der Waals surface area (Å²) in [5, 5.41) is 0. The van der Waals surface area contributed by atoms with Crippen LogP contribution in [0.2, 0.25) is 0 Å². The van der Waals surface area contributed by atoms with Gasteiger partial charge in [0.15, 0.2) is 5.69 Å². The Kier molecular flexibility index (Phi) is 4.61. The van der Waals surface area contributed by atoms with Crippen LogP contribution in [0.3, 0.4) is 0 Å². The van der Waals surface area contributed by atoms with Crippen LogP contribution in [0.5, 0.6) is 0 Å². The average molecular weight is 355 g/mol. The van der Waals surface area contributed by atoms with Crippen LogP contribution < -0.4 is 0 Å². The van der Waals surface area contributed by atoms with E-state index in [0.717, 1.165) is 5.56 Å². The number of nitrogens with zero attached hydrogens (tertiary/aromatic N) is 1. The summed E-state index contributed by atoms with van der Waals surface area (Å²) in [7, 11) is 0. The summed E-state index contributed by atoms with van der Waals surface area (Å²) in [6.45, 7) is 5.60. The third kappa shape index (κ3) is 3.64. The van der Waals surface area contributed by atoms with Crippen LogP contribution >= 0.6 is 0 Å². The molecule has 4 heteroatoms. The van der Waals surface area contributed by atoms with E-state index in [1.54, 1.807) is 36.4 Å². The summed E-state index contributed by atoms with van der Waals surface area (Å²) >= 11 is 0. The molecule has 0 atom stereocenters. The fraction of sp³-hybridized carbons (Fsp3) is 0.227. The first-order chi connectivity index (χ1) is 12.2. The zero-order chi connectivity index (χ0) is 18.9. The highest BCUT2D eigenvalue weighted by Crippen LogP contribution is 2.43. The van der Waals surface area contributed by atoms with Crippen molar-refractivity contribution in [1.29, 1.82) is 0 Å². The predicted molar refractivity (Wildman–Crippen MR) is 98.8 cm³/mol. The van der Waals surface area contributed by atoms with Crippen LogP contribution in [0.15, 0.2) is 66.7 Å². The summed E-state index contributed by atoms with van der Waals surface area (Å²) < 4.78 is 41.8. The molecule has 1 nitrogen and oxygen atoms in total. The van der Waals surface area contributed by atoms with Crippen molar-refractivity contribution in [2.75, 3.05) is 0 Å². The maximum atomic E-state index is 13.9. The van der Waals surface area contributed by atoms with Gasteiger partial charge in [0.1, 0.15) is 0 Å². The zero-order valence-electron chi connectivity index (χ0n) is 14.9. The van der Waals surface area contributed by atoms with Crippen molar-refractivity contribution in [3.63, 3.8) is 0 Å². The number of alkyl halides is 3. The lowest BCUT2D eigenvalue weighted by molar-refractivity contribution is -0.140. The molecule has 0 unspecified atom stereocenters. The van der Waals surface area contributed by atoms with Gasteiger partial charge in [-0.1, -0.05) is 81.4 Å². The summed E-state index contributed by atoms with van der Waals surface area (Å²) in [6, 6.07) is 19.6. The molecule has 0 amide bonds. The molecular formula is C22H20F3N. The van der Waals surface area contributed by atoms with Crippen LogP contribution in [0.25, 0.3) is 22.3 Å². The molecule has 0 fully saturated rings. The molecule has 3 aromatic rings. The summed E-state index contributed by atoms with van der Waals surface area (Å²) in [4.78, 5) is 4.05. The monoisotopic (exact) mass is 355 g/mol. The minimum atomic E-state index is -4.55. The normalized spacial score (nSPS) is 12.2. The van der Waals surface area contributed by atoms with Crippen LogP contribution in [0.1, 0.15) is 32.2 Å². The molecular weight excluding hydrogens is 335 g/mol. The van der Waals surface area contributed by atoms with E-state index in [1.165, 1.54) is 0 Å². The van der Waals surface area contributed by atoms with Gasteiger partial charge in [-0.05, 0) is 22.8 Å². The van der Waals surface area contributed by atoms with Crippen molar-refractivity contribution in [3.8, 4) is 22.3 Å². The van der Waals surface area contributed by atoms with Crippen molar-refractivity contribution in [2.24, 2.45) is 0 Å². The molecule has 1 heterocycles. The molecule has 0 aliphatic carbocycles. The molecule has 0 saturated carbocycles. The lowest BCUT2D eigenvalue weighted by Gasteiger charge is -2.24. The molecule has 26 heavy (non-hydrogen) atoms. The van der Waals surface area contributed by atoms with Gasteiger partial charge in [-0.25, -0.2) is 4.98 Å². The largest absolute Gasteiger partial charge is 0.433 e. The van der Waals surface area contributed by atoms with Crippen molar-refractivity contribution in [2.45, 2.75) is 32.4 Å². The van der Waals surface area contributed by atoms with E-state index in [0.29, 0.717) is 16.8 Å². The zero-order valence-corrected chi connectivity index (χ0v) is 14.9. The third-order valence-corrected chi connectivity index (χ3v) is 4.20. The average Bonchev–Trinajstić information content (AvgIpc) is 2.60. The fourth-order valence-corrected chi connectivity index (χ4v) is 2.88. The highest BCUT2D eigenvalue weighted by molar-refractivity contribution is 5.85. The third-order valence-electron chi connectivity index (χ3n) is 4.20. The van der Waals surface area contributed by atoms with E-state index in [9.17, 15) is 13.2 Å². The second-order valence-electron chi connectivity index (χ2n) is 7.26. The second kappa shape index (κ2) is 6.60. The van der Waals surface area contributed by atoms with E-state index in [2.05, 4.69) is 4.98 Å². The van der Waals surface area contributed by atoms with Gasteiger partial charge in [-0.3, -0.25) is 0 Å². The topological polar surface area (TPSA) is 12.9 Å². The molecule has 0 saturated heterocycles. The Labute approximate surface area is 151 Å². The number of hydrogen-bond acceptors (Lipinski definition) is 1. The number of benzene rings is 2. The van der Waals surface area contributed by atoms with Gasteiger partial charge in [-0.15, -0.1) is 0 Å². The quantitative estimate of drug-likeness (QED) is 0.496. The molecule has 134 valence electrons. The van der Waals surface area contributed by atoms with Gasteiger partial charge < -0.3 is 0 Å². The van der Waals surface area contributed by atoms with Gasteiger partial charge in [0.2, 0.25) is 0 Å². The Hall–Kier alpha value is -2.62. The molecule has 0 aliphatic heterocycles. The fourth-order valence-electron chi connectivity index (χ4n) is 2.88. The van der Waals surface area contributed by atoms with Crippen LogP contribution in [0, 0.1) is 0 Å². The van der Waals surface area contributed by atoms with Gasteiger partial charge in [-0.2, -0.15) is 13.2 Å². The standard InChI is InChI=1S/C22H20F3N/c1-21(2,3)18-14-17(15-10-6-4-7-11-15)19(16-12-8-5-9-13-16)20(26-18)22(23,24)25/h4-14H,1-3H3. The summed E-state index contributed by atoms with van der Waals surface area (Å²) in [6.07, 6.45) is -4.55. The van der Waals surface area contributed by atoms with Gasteiger partial charge in [0, 0.05) is 16.7 Å². The lowest BCUT2D eigenvalue weighted by Crippen LogP contribution is -2.19. The van der Waals surface area contributed by atoms with E-state index in [4.69, 9.17) is 0 Å². The predicted octanol–water partition coefficient (Wildman–Crippen LogP) is 6.73. The van der Waals surface area contributed by atoms with Gasteiger partial charge in [0.25, 0.3) is 0 Å². The highest BCUT2D eigenvalue weighted by atomic mass is 19.4. The molecule has 0 N–H and O–H groups in total. The van der Waals surface area contributed by atoms with Crippen molar-refractivity contribution in [1.82, 2.24) is 4.98 Å². The first-order valence-electron chi connectivity index (χ1n) is 8.41. The Morgan fingerprint density at radius 3 is 1.69 bits per heavy atom. The van der Waals surface area contributed by atoms with Crippen LogP contribution in [0.4, 0.5) is 13.2 Å². The van der Waals surface area contributed by atoms with Crippen molar-refractivity contribution in [3.05, 3.63) is 78.1 Å². The molecule has 0 spiro atoms. The minimum absolute atomic E-state index is 0.123.